The summed E-state index contributed by atoms with van der Waals surface area (Å²) < 4.78 is 1.67. The van der Waals surface area contributed by atoms with Gasteiger partial charge in [-0.3, -0.25) is 4.79 Å². The number of nitrogens with one attached hydrogen (secondary N) is 1. The third-order valence-electron chi connectivity index (χ3n) is 4.10. The molecule has 134 valence electrons. The Kier molecular flexibility index (Phi) is 9.05. The monoisotopic (exact) mass is 365 g/mol. The number of carboxylic acids is 1. The van der Waals surface area contributed by atoms with Crippen molar-refractivity contribution in [3.8, 4) is 5.69 Å². The summed E-state index contributed by atoms with van der Waals surface area (Å²) in [4.78, 5) is 23.5. The summed E-state index contributed by atoms with van der Waals surface area (Å²) in [5, 5.41) is 18.4. The van der Waals surface area contributed by atoms with Gasteiger partial charge in [0, 0.05) is 30.6 Å². The summed E-state index contributed by atoms with van der Waals surface area (Å²) in [6.07, 6.45) is 2.38. The first-order valence-corrected chi connectivity index (χ1v) is 8.48. The van der Waals surface area contributed by atoms with Gasteiger partial charge < -0.3 is 15.2 Å². The Morgan fingerprint density at radius 1 is 1.15 bits per heavy atom. The quantitative estimate of drug-likeness (QED) is 0.624. The van der Waals surface area contributed by atoms with Crippen molar-refractivity contribution in [2.24, 2.45) is 17.8 Å². The fraction of sp³-hybridized carbons (Fsp3) is 0.421. The summed E-state index contributed by atoms with van der Waals surface area (Å²) in [6.45, 7) is 5.68. The number of hydrogen-bond donors (Lipinski definition) is 1. The van der Waals surface area contributed by atoms with Gasteiger partial charge in [0.2, 0.25) is 5.91 Å². The van der Waals surface area contributed by atoms with E-state index in [4.69, 9.17) is 0 Å². The largest absolute Gasteiger partial charge is 1.00 e. The maximum absolute atomic E-state index is 12.2. The molecule has 1 amide bonds. The standard InChI is InChI=1S/C19H25N3O3.Na/c1-13(2)11-16(19(24)25)14(3)12-18(23)20-17-9-10-22(21-17)15-7-5-4-6-8-15;/h4-10,13-14,16H,11-12H2,1-3H3,(H,24,25)(H,20,21,23);/q;+1/p-1. The summed E-state index contributed by atoms with van der Waals surface area (Å²) in [5.41, 5.74) is 0.894. The van der Waals surface area contributed by atoms with Crippen LogP contribution in [0.15, 0.2) is 42.6 Å². The summed E-state index contributed by atoms with van der Waals surface area (Å²) in [7, 11) is 0. The Bertz CT molecular complexity index is 716. The van der Waals surface area contributed by atoms with Crippen LogP contribution in [0.3, 0.4) is 0 Å². The Morgan fingerprint density at radius 3 is 2.38 bits per heavy atom. The van der Waals surface area contributed by atoms with E-state index < -0.39 is 11.9 Å². The number of aliphatic carboxylic acids is 1. The summed E-state index contributed by atoms with van der Waals surface area (Å²) >= 11 is 0. The van der Waals surface area contributed by atoms with Crippen LogP contribution in [-0.2, 0) is 9.59 Å². The van der Waals surface area contributed by atoms with Crippen LogP contribution in [-0.4, -0.2) is 21.7 Å². The number of rotatable bonds is 8. The molecule has 6 nitrogen and oxygen atoms in total. The number of aromatic nitrogens is 2. The zero-order valence-corrected chi connectivity index (χ0v) is 17.8. The molecule has 1 N–H and O–H groups in total. The second-order valence-corrected chi connectivity index (χ2v) is 6.77. The van der Waals surface area contributed by atoms with Crippen LogP contribution in [0, 0.1) is 17.8 Å². The van der Waals surface area contributed by atoms with Crippen molar-refractivity contribution in [3.63, 3.8) is 0 Å². The molecule has 7 heteroatoms. The molecule has 0 radical (unpaired) electrons. The molecule has 0 aliphatic rings. The van der Waals surface area contributed by atoms with Crippen LogP contribution in [0.25, 0.3) is 5.69 Å². The van der Waals surface area contributed by atoms with E-state index >= 15 is 0 Å². The van der Waals surface area contributed by atoms with Gasteiger partial charge in [-0.15, -0.1) is 0 Å². The van der Waals surface area contributed by atoms with Gasteiger partial charge in [-0.05, 0) is 30.4 Å². The molecule has 1 aromatic heterocycles. The SMILES string of the molecule is CC(C)CC(C(=O)[O-])C(C)CC(=O)Nc1ccn(-c2ccccc2)n1.[Na+]. The van der Waals surface area contributed by atoms with E-state index in [1.165, 1.54) is 0 Å². The molecule has 0 fully saturated rings. The van der Waals surface area contributed by atoms with Crippen molar-refractivity contribution in [2.45, 2.75) is 33.6 Å². The number of amides is 1. The van der Waals surface area contributed by atoms with E-state index in [9.17, 15) is 14.7 Å². The van der Waals surface area contributed by atoms with Gasteiger partial charge in [-0.2, -0.15) is 5.10 Å². The van der Waals surface area contributed by atoms with E-state index in [2.05, 4.69) is 10.4 Å². The van der Waals surface area contributed by atoms with Gasteiger partial charge in [0.25, 0.3) is 0 Å². The number of carbonyl (C=O) groups is 2. The van der Waals surface area contributed by atoms with Gasteiger partial charge in [0.15, 0.2) is 5.82 Å². The third-order valence-corrected chi connectivity index (χ3v) is 4.10. The number of nitrogens with zero attached hydrogens (tertiary/aromatic N) is 2. The van der Waals surface area contributed by atoms with Crippen molar-refractivity contribution in [2.75, 3.05) is 5.32 Å². The summed E-state index contributed by atoms with van der Waals surface area (Å²) in [6, 6.07) is 11.3. The zero-order chi connectivity index (χ0) is 18.4. The second-order valence-electron chi connectivity index (χ2n) is 6.77. The molecule has 26 heavy (non-hydrogen) atoms. The second kappa shape index (κ2) is 10.5. The van der Waals surface area contributed by atoms with E-state index in [1.54, 1.807) is 23.9 Å². The molecular formula is C19H24N3NaO3. The molecule has 1 aromatic carbocycles. The first kappa shape index (κ1) is 22.4. The van der Waals surface area contributed by atoms with E-state index in [0.29, 0.717) is 12.2 Å². The van der Waals surface area contributed by atoms with Gasteiger partial charge in [0.05, 0.1) is 5.69 Å². The van der Waals surface area contributed by atoms with Gasteiger partial charge in [-0.25, -0.2) is 4.68 Å². The Balaban J connectivity index is 0.00000338. The van der Waals surface area contributed by atoms with Crippen molar-refractivity contribution in [3.05, 3.63) is 42.6 Å². The van der Waals surface area contributed by atoms with E-state index in [1.807, 2.05) is 44.2 Å². The van der Waals surface area contributed by atoms with Gasteiger partial charge in [-0.1, -0.05) is 39.0 Å². The van der Waals surface area contributed by atoms with E-state index in [0.717, 1.165) is 5.69 Å². The molecular weight excluding hydrogens is 341 g/mol. The maximum Gasteiger partial charge on any atom is 1.00 e. The van der Waals surface area contributed by atoms with Crippen LogP contribution in [0.2, 0.25) is 0 Å². The minimum atomic E-state index is -1.10. The molecule has 0 aliphatic carbocycles. The van der Waals surface area contributed by atoms with Crippen LogP contribution in [0.4, 0.5) is 5.82 Å². The number of carboxylic acid groups (broad SMARTS) is 1. The number of carbonyl (C=O) groups excluding carboxylic acids is 2. The molecule has 1 heterocycles. The summed E-state index contributed by atoms with van der Waals surface area (Å²) in [5.74, 6) is -1.61. The number of benzene rings is 1. The van der Waals surface area contributed by atoms with Crippen molar-refractivity contribution >= 4 is 17.7 Å². The molecule has 0 bridgehead atoms. The van der Waals surface area contributed by atoms with Crippen LogP contribution >= 0.6 is 0 Å². The van der Waals surface area contributed by atoms with Crippen molar-refractivity contribution in [1.29, 1.82) is 0 Å². The molecule has 2 rings (SSSR count). The number of hydrogen-bond acceptors (Lipinski definition) is 4. The number of anilines is 1. The predicted octanol–water partition coefficient (Wildman–Crippen LogP) is -0.747. The fourth-order valence-electron chi connectivity index (χ4n) is 2.81. The topological polar surface area (TPSA) is 87.0 Å². The van der Waals surface area contributed by atoms with Crippen molar-refractivity contribution in [1.82, 2.24) is 9.78 Å². The predicted molar refractivity (Wildman–Crippen MR) is 93.9 cm³/mol. The Hall–Kier alpha value is -1.63. The molecule has 2 atom stereocenters. The molecule has 0 saturated carbocycles. The van der Waals surface area contributed by atoms with Crippen molar-refractivity contribution < 1.29 is 44.3 Å². The smallest absolute Gasteiger partial charge is 0.550 e. The Morgan fingerprint density at radius 2 is 1.81 bits per heavy atom. The fourth-order valence-corrected chi connectivity index (χ4v) is 2.81. The normalized spacial score (nSPS) is 12.9. The minimum Gasteiger partial charge on any atom is -0.550 e. The average molecular weight is 365 g/mol. The van der Waals surface area contributed by atoms with E-state index in [-0.39, 0.29) is 53.7 Å². The molecule has 2 aromatic rings. The van der Waals surface area contributed by atoms with Crippen LogP contribution in [0.5, 0.6) is 0 Å². The Labute approximate surface area is 176 Å². The molecule has 0 saturated heterocycles. The average Bonchev–Trinajstić information content (AvgIpc) is 3.01. The van der Waals surface area contributed by atoms with Crippen LogP contribution in [0.1, 0.15) is 33.6 Å². The van der Waals surface area contributed by atoms with Gasteiger partial charge in [0.1, 0.15) is 0 Å². The molecule has 0 spiro atoms. The van der Waals surface area contributed by atoms with Crippen LogP contribution < -0.4 is 40.0 Å². The number of para-hydroxylation sites is 1. The minimum absolute atomic E-state index is 0. The first-order chi connectivity index (χ1) is 11.9. The molecule has 2 unspecified atom stereocenters. The zero-order valence-electron chi connectivity index (χ0n) is 15.8. The molecule has 0 aliphatic heterocycles. The third kappa shape index (κ3) is 6.59. The maximum atomic E-state index is 12.2. The van der Waals surface area contributed by atoms with Gasteiger partial charge >= 0.3 is 29.6 Å². The first-order valence-electron chi connectivity index (χ1n) is 8.48.